The van der Waals surface area contributed by atoms with Gasteiger partial charge in [-0.2, -0.15) is 5.10 Å². The van der Waals surface area contributed by atoms with Crippen LogP contribution in [0.25, 0.3) is 0 Å². The number of aromatic nitrogens is 3. The van der Waals surface area contributed by atoms with E-state index in [2.05, 4.69) is 32.8 Å². The van der Waals surface area contributed by atoms with Crippen LogP contribution in [0.15, 0.2) is 58.1 Å². The summed E-state index contributed by atoms with van der Waals surface area (Å²) < 4.78 is 7.43. The first-order valence-electron chi connectivity index (χ1n) is 9.78. The normalized spacial score (nSPS) is 16.6. The second-order valence-corrected chi connectivity index (χ2v) is 7.04. The van der Waals surface area contributed by atoms with E-state index in [1.165, 1.54) is 5.56 Å². The molecule has 1 aliphatic heterocycles. The third-order valence-corrected chi connectivity index (χ3v) is 4.81. The second kappa shape index (κ2) is 8.73. The summed E-state index contributed by atoms with van der Waals surface area (Å²) in [6.45, 7) is 4.14. The van der Waals surface area contributed by atoms with Crippen LogP contribution in [0, 0.1) is 6.92 Å². The van der Waals surface area contributed by atoms with E-state index < -0.39 is 0 Å². The largest absolute Gasteiger partial charge is 0.469 e. The van der Waals surface area contributed by atoms with E-state index in [4.69, 9.17) is 9.41 Å². The Bertz CT molecular complexity index is 900. The Labute approximate surface area is 164 Å². The monoisotopic (exact) mass is 378 g/mol. The molecule has 3 aromatic rings. The van der Waals surface area contributed by atoms with Gasteiger partial charge in [0.25, 0.3) is 0 Å². The lowest BCUT2D eigenvalue weighted by molar-refractivity contribution is 0.392. The highest BCUT2D eigenvalue weighted by atomic mass is 16.3. The molecule has 1 aromatic carbocycles. The van der Waals surface area contributed by atoms with Gasteiger partial charge in [-0.1, -0.05) is 30.3 Å². The number of hydrogen-bond acceptors (Lipinski definition) is 4. The van der Waals surface area contributed by atoms with Crippen molar-refractivity contribution in [3.8, 4) is 0 Å². The molecule has 1 unspecified atom stereocenters. The molecule has 2 N–H and O–H groups in total. The second-order valence-electron chi connectivity index (χ2n) is 7.04. The lowest BCUT2D eigenvalue weighted by Crippen LogP contribution is -2.47. The number of aliphatic imine (C=N–C) groups is 1. The number of benzene rings is 1. The first kappa shape index (κ1) is 18.3. The van der Waals surface area contributed by atoms with Crippen molar-refractivity contribution in [1.29, 1.82) is 0 Å². The lowest BCUT2D eigenvalue weighted by atomic mass is 10.1. The molecule has 0 fully saturated rings. The van der Waals surface area contributed by atoms with E-state index in [9.17, 15) is 0 Å². The van der Waals surface area contributed by atoms with E-state index in [1.807, 2.05) is 41.9 Å². The van der Waals surface area contributed by atoms with Gasteiger partial charge in [0, 0.05) is 25.4 Å². The summed E-state index contributed by atoms with van der Waals surface area (Å²) in [7, 11) is 0. The number of fused-ring (bicyclic) bond motifs is 1. The molecule has 1 aliphatic rings. The van der Waals surface area contributed by atoms with Crippen LogP contribution in [0.4, 0.5) is 0 Å². The zero-order valence-corrected chi connectivity index (χ0v) is 16.1. The number of guanidine groups is 1. The fourth-order valence-electron chi connectivity index (χ4n) is 3.41. The minimum absolute atomic E-state index is 0.277. The zero-order valence-electron chi connectivity index (χ0n) is 16.1. The standard InChI is InChI=1S/C21H26N6O/c1-16-24-20-10-9-18(15-27(20)26-16)25-21(22-12-11-19-8-5-13-28-19)23-14-17-6-3-2-4-7-17/h2-8,13,18H,9-12,14-15H2,1H3,(H2,22,23,25). The molecule has 0 saturated carbocycles. The lowest BCUT2D eigenvalue weighted by Gasteiger charge is -2.25. The van der Waals surface area contributed by atoms with Gasteiger partial charge in [-0.3, -0.25) is 0 Å². The van der Waals surface area contributed by atoms with Crippen LogP contribution in [0.1, 0.15) is 29.4 Å². The van der Waals surface area contributed by atoms with Crippen molar-refractivity contribution < 1.29 is 4.42 Å². The molecule has 3 heterocycles. The molecule has 0 spiro atoms. The predicted octanol–water partition coefficient (Wildman–Crippen LogP) is 2.47. The highest BCUT2D eigenvalue weighted by Gasteiger charge is 2.21. The summed E-state index contributed by atoms with van der Waals surface area (Å²) >= 11 is 0. The van der Waals surface area contributed by atoms with Crippen LogP contribution in [-0.4, -0.2) is 33.3 Å². The summed E-state index contributed by atoms with van der Waals surface area (Å²) in [6, 6.07) is 14.5. The van der Waals surface area contributed by atoms with Crippen molar-refractivity contribution in [2.24, 2.45) is 4.99 Å². The number of nitrogens with zero attached hydrogens (tertiary/aromatic N) is 4. The molecule has 1 atom stereocenters. The van der Waals surface area contributed by atoms with Crippen LogP contribution in [-0.2, 0) is 25.9 Å². The Balaban J connectivity index is 1.39. The molecule has 7 nitrogen and oxygen atoms in total. The van der Waals surface area contributed by atoms with Gasteiger partial charge in [-0.25, -0.2) is 14.7 Å². The summed E-state index contributed by atoms with van der Waals surface area (Å²) in [5, 5.41) is 11.5. The summed E-state index contributed by atoms with van der Waals surface area (Å²) in [6.07, 6.45) is 4.47. The van der Waals surface area contributed by atoms with Crippen molar-refractivity contribution in [2.75, 3.05) is 6.54 Å². The minimum atomic E-state index is 0.277. The smallest absolute Gasteiger partial charge is 0.191 e. The third-order valence-electron chi connectivity index (χ3n) is 4.81. The Kier molecular flexibility index (Phi) is 5.70. The van der Waals surface area contributed by atoms with Crippen molar-refractivity contribution in [3.05, 3.63) is 71.7 Å². The molecule has 0 amide bonds. The maximum absolute atomic E-state index is 5.42. The molecule has 2 aromatic heterocycles. The van der Waals surface area contributed by atoms with Crippen molar-refractivity contribution >= 4 is 5.96 Å². The molecule has 0 aliphatic carbocycles. The zero-order chi connectivity index (χ0) is 19.2. The van der Waals surface area contributed by atoms with Gasteiger partial charge in [0.2, 0.25) is 0 Å². The molecule has 0 bridgehead atoms. The van der Waals surface area contributed by atoms with Crippen molar-refractivity contribution in [3.63, 3.8) is 0 Å². The van der Waals surface area contributed by atoms with Gasteiger partial charge in [0.05, 0.1) is 19.4 Å². The number of furan rings is 1. The maximum atomic E-state index is 5.42. The number of aryl methyl sites for hydroxylation is 2. The maximum Gasteiger partial charge on any atom is 0.191 e. The SMILES string of the molecule is Cc1nc2n(n1)CC(NC(=NCc1ccccc1)NCCc1ccco1)CC2. The number of rotatable bonds is 6. The fraction of sp³-hybridized carbons (Fsp3) is 0.381. The molecular formula is C21H26N6O. The quantitative estimate of drug-likeness (QED) is 0.509. The van der Waals surface area contributed by atoms with Crippen LogP contribution < -0.4 is 10.6 Å². The molecule has 4 rings (SSSR count). The van der Waals surface area contributed by atoms with Gasteiger partial charge in [-0.05, 0) is 31.0 Å². The van der Waals surface area contributed by atoms with Crippen molar-refractivity contribution in [2.45, 2.75) is 45.3 Å². The summed E-state index contributed by atoms with van der Waals surface area (Å²) in [5.74, 6) is 3.70. The van der Waals surface area contributed by atoms with Gasteiger partial charge in [0.1, 0.15) is 17.4 Å². The van der Waals surface area contributed by atoms with Gasteiger partial charge >= 0.3 is 0 Å². The van der Waals surface area contributed by atoms with E-state index in [1.54, 1.807) is 6.26 Å². The summed E-state index contributed by atoms with van der Waals surface area (Å²) in [4.78, 5) is 9.27. The van der Waals surface area contributed by atoms with Gasteiger partial charge < -0.3 is 15.1 Å². The first-order valence-corrected chi connectivity index (χ1v) is 9.78. The van der Waals surface area contributed by atoms with E-state index in [0.29, 0.717) is 6.54 Å². The molecule has 0 radical (unpaired) electrons. The highest BCUT2D eigenvalue weighted by Crippen LogP contribution is 2.13. The molecule has 7 heteroatoms. The van der Waals surface area contributed by atoms with Crippen LogP contribution in [0.2, 0.25) is 0 Å². The molecule has 28 heavy (non-hydrogen) atoms. The van der Waals surface area contributed by atoms with Gasteiger partial charge in [0.15, 0.2) is 5.96 Å². The van der Waals surface area contributed by atoms with E-state index >= 15 is 0 Å². The molecular weight excluding hydrogens is 352 g/mol. The Hall–Kier alpha value is -3.09. The predicted molar refractivity (Wildman–Crippen MR) is 108 cm³/mol. The van der Waals surface area contributed by atoms with Gasteiger partial charge in [-0.15, -0.1) is 0 Å². The topological polar surface area (TPSA) is 80.3 Å². The molecule has 0 saturated heterocycles. The first-order chi connectivity index (χ1) is 13.8. The Morgan fingerprint density at radius 2 is 2.14 bits per heavy atom. The van der Waals surface area contributed by atoms with Crippen LogP contribution >= 0.6 is 0 Å². The average Bonchev–Trinajstić information content (AvgIpc) is 3.35. The average molecular weight is 378 g/mol. The number of hydrogen-bond donors (Lipinski definition) is 2. The highest BCUT2D eigenvalue weighted by molar-refractivity contribution is 5.80. The fourth-order valence-corrected chi connectivity index (χ4v) is 3.41. The minimum Gasteiger partial charge on any atom is -0.469 e. The summed E-state index contributed by atoms with van der Waals surface area (Å²) in [5.41, 5.74) is 1.19. The Morgan fingerprint density at radius 3 is 2.96 bits per heavy atom. The van der Waals surface area contributed by atoms with E-state index in [0.717, 1.165) is 55.7 Å². The van der Waals surface area contributed by atoms with Crippen LogP contribution in [0.3, 0.4) is 0 Å². The third kappa shape index (κ3) is 4.79. The van der Waals surface area contributed by atoms with Crippen molar-refractivity contribution in [1.82, 2.24) is 25.4 Å². The molecule has 146 valence electrons. The van der Waals surface area contributed by atoms with E-state index in [-0.39, 0.29) is 6.04 Å². The number of nitrogens with one attached hydrogen (secondary N) is 2. The Morgan fingerprint density at radius 1 is 1.25 bits per heavy atom. The van der Waals surface area contributed by atoms with Crippen LogP contribution in [0.5, 0.6) is 0 Å².